The van der Waals surface area contributed by atoms with Crippen LogP contribution in [0.3, 0.4) is 0 Å². The van der Waals surface area contributed by atoms with Gasteiger partial charge in [0, 0.05) is 22.9 Å². The highest BCUT2D eigenvalue weighted by molar-refractivity contribution is 6.30. The standard InChI is InChI=1S/C34H43ClFN3O6/c1-34(2,24-12-8-13-25(35)20-24)29(22-11-7-14-26(36)18-22)45-33(43)39-27(17-21-9-5-4-6-10-21)31(41)38-28(32(42)44-3)19-23-15-16-37-30(23)40/h7-8,11-14,18,20-21,23,27-29H,4-6,9-10,15-17,19H2,1-3H3,(H,37,40)(H,38,41)(H,39,43)/t23-,27-,28-,29?/m0/s1. The molecule has 11 heteroatoms. The largest absolute Gasteiger partial charge is 0.467 e. The van der Waals surface area contributed by atoms with E-state index < -0.39 is 53.3 Å². The molecule has 2 aromatic rings. The monoisotopic (exact) mass is 643 g/mol. The summed E-state index contributed by atoms with van der Waals surface area (Å²) in [5.74, 6) is -2.15. The van der Waals surface area contributed by atoms with Gasteiger partial charge in [-0.15, -0.1) is 0 Å². The van der Waals surface area contributed by atoms with Gasteiger partial charge in [0.2, 0.25) is 11.8 Å². The van der Waals surface area contributed by atoms with Gasteiger partial charge in [-0.25, -0.2) is 14.0 Å². The first-order valence-electron chi connectivity index (χ1n) is 15.6. The van der Waals surface area contributed by atoms with E-state index in [2.05, 4.69) is 16.0 Å². The topological polar surface area (TPSA) is 123 Å². The Hall–Kier alpha value is -3.66. The van der Waals surface area contributed by atoms with Crippen molar-refractivity contribution in [3.8, 4) is 0 Å². The van der Waals surface area contributed by atoms with Gasteiger partial charge in [0.1, 0.15) is 24.0 Å². The minimum atomic E-state index is -1.06. The number of methoxy groups -OCH3 is 1. The molecule has 1 unspecified atom stereocenters. The van der Waals surface area contributed by atoms with Crippen molar-refractivity contribution in [1.82, 2.24) is 16.0 Å². The molecule has 4 atom stereocenters. The maximum atomic E-state index is 14.4. The zero-order valence-electron chi connectivity index (χ0n) is 26.1. The highest BCUT2D eigenvalue weighted by Crippen LogP contribution is 2.40. The van der Waals surface area contributed by atoms with Gasteiger partial charge in [0.25, 0.3) is 0 Å². The van der Waals surface area contributed by atoms with Gasteiger partial charge in [-0.2, -0.15) is 0 Å². The van der Waals surface area contributed by atoms with Crippen LogP contribution in [0.4, 0.5) is 9.18 Å². The van der Waals surface area contributed by atoms with Crippen LogP contribution in [0, 0.1) is 17.7 Å². The first-order chi connectivity index (χ1) is 21.5. The van der Waals surface area contributed by atoms with Crippen molar-refractivity contribution < 1.29 is 33.0 Å². The Morgan fingerprint density at radius 1 is 1.00 bits per heavy atom. The van der Waals surface area contributed by atoms with E-state index in [4.69, 9.17) is 21.1 Å². The summed E-state index contributed by atoms with van der Waals surface area (Å²) in [7, 11) is 1.22. The number of rotatable bonds is 12. The third-order valence-corrected chi connectivity index (χ3v) is 9.22. The summed E-state index contributed by atoms with van der Waals surface area (Å²) in [5.41, 5.74) is 0.351. The molecule has 1 saturated heterocycles. The van der Waals surface area contributed by atoms with Crippen molar-refractivity contribution in [3.63, 3.8) is 0 Å². The van der Waals surface area contributed by atoms with Crippen LogP contribution < -0.4 is 16.0 Å². The Balaban J connectivity index is 1.57. The Bertz CT molecular complexity index is 1360. The molecule has 2 aliphatic rings. The number of benzene rings is 2. The molecule has 1 aliphatic heterocycles. The third kappa shape index (κ3) is 9.19. The fourth-order valence-electron chi connectivity index (χ4n) is 6.40. The minimum absolute atomic E-state index is 0.0836. The summed E-state index contributed by atoms with van der Waals surface area (Å²) in [5, 5.41) is 8.74. The van der Waals surface area contributed by atoms with Crippen molar-refractivity contribution in [3.05, 3.63) is 70.5 Å². The van der Waals surface area contributed by atoms with Crippen molar-refractivity contribution in [1.29, 1.82) is 0 Å². The highest BCUT2D eigenvalue weighted by Gasteiger charge is 2.38. The highest BCUT2D eigenvalue weighted by atomic mass is 35.5. The number of carbonyl (C=O) groups excluding carboxylic acids is 4. The summed E-state index contributed by atoms with van der Waals surface area (Å²) in [6.07, 6.45) is 4.16. The lowest BCUT2D eigenvalue weighted by Gasteiger charge is -2.35. The fraction of sp³-hybridized carbons (Fsp3) is 0.529. The van der Waals surface area contributed by atoms with Gasteiger partial charge in [0.15, 0.2) is 0 Å². The molecule has 2 fully saturated rings. The molecule has 0 radical (unpaired) electrons. The minimum Gasteiger partial charge on any atom is -0.467 e. The van der Waals surface area contributed by atoms with E-state index in [9.17, 15) is 23.6 Å². The SMILES string of the molecule is COC(=O)[C@H](C[C@@H]1CCNC1=O)NC(=O)[C@H](CC1CCCCC1)NC(=O)OC(c1cccc(F)c1)C(C)(C)c1cccc(Cl)c1. The van der Waals surface area contributed by atoms with Gasteiger partial charge in [-0.05, 0) is 60.6 Å². The van der Waals surface area contributed by atoms with Crippen molar-refractivity contribution in [2.24, 2.45) is 11.8 Å². The molecule has 0 bridgehead atoms. The second-order valence-electron chi connectivity index (χ2n) is 12.6. The van der Waals surface area contributed by atoms with E-state index in [-0.39, 0.29) is 18.2 Å². The van der Waals surface area contributed by atoms with Crippen LogP contribution in [0.15, 0.2) is 48.5 Å². The average Bonchev–Trinajstić information content (AvgIpc) is 3.43. The Morgan fingerprint density at radius 2 is 1.73 bits per heavy atom. The number of carbonyl (C=O) groups is 4. The molecular weight excluding hydrogens is 601 g/mol. The normalized spacial score (nSPS) is 19.1. The summed E-state index contributed by atoms with van der Waals surface area (Å²) in [6, 6.07) is 10.9. The van der Waals surface area contributed by atoms with Crippen LogP contribution in [0.5, 0.6) is 0 Å². The molecule has 0 aromatic heterocycles. The lowest BCUT2D eigenvalue weighted by atomic mass is 9.76. The van der Waals surface area contributed by atoms with E-state index in [1.54, 1.807) is 30.3 Å². The molecular formula is C34H43ClFN3O6. The smallest absolute Gasteiger partial charge is 0.408 e. The van der Waals surface area contributed by atoms with Crippen molar-refractivity contribution in [2.45, 2.75) is 88.8 Å². The lowest BCUT2D eigenvalue weighted by Crippen LogP contribution is -2.53. The van der Waals surface area contributed by atoms with E-state index in [1.165, 1.54) is 19.2 Å². The molecule has 45 heavy (non-hydrogen) atoms. The second-order valence-corrected chi connectivity index (χ2v) is 13.0. The molecule has 1 heterocycles. The van der Waals surface area contributed by atoms with Gasteiger partial charge < -0.3 is 25.4 Å². The average molecular weight is 644 g/mol. The van der Waals surface area contributed by atoms with Crippen molar-refractivity contribution >= 4 is 35.5 Å². The summed E-state index contributed by atoms with van der Waals surface area (Å²) in [6.45, 7) is 4.24. The molecule has 0 spiro atoms. The number of hydrogen-bond donors (Lipinski definition) is 3. The van der Waals surface area contributed by atoms with Crippen molar-refractivity contribution in [2.75, 3.05) is 13.7 Å². The predicted octanol–water partition coefficient (Wildman–Crippen LogP) is 5.75. The van der Waals surface area contributed by atoms with E-state index >= 15 is 0 Å². The Kier molecular flexibility index (Phi) is 11.8. The van der Waals surface area contributed by atoms with Gasteiger partial charge in [-0.1, -0.05) is 81.8 Å². The quantitative estimate of drug-likeness (QED) is 0.253. The molecule has 244 valence electrons. The fourth-order valence-corrected chi connectivity index (χ4v) is 6.59. The van der Waals surface area contributed by atoms with E-state index in [0.717, 1.165) is 37.7 Å². The summed E-state index contributed by atoms with van der Waals surface area (Å²) < 4.78 is 25.4. The zero-order chi connectivity index (χ0) is 32.6. The number of alkyl carbamates (subject to hydrolysis) is 1. The molecule has 1 aliphatic carbocycles. The number of halogens is 2. The third-order valence-electron chi connectivity index (χ3n) is 8.99. The molecule has 3 amide bonds. The molecule has 3 N–H and O–H groups in total. The summed E-state index contributed by atoms with van der Waals surface area (Å²) >= 11 is 6.28. The molecule has 2 aromatic carbocycles. The number of hydrogen-bond acceptors (Lipinski definition) is 6. The van der Waals surface area contributed by atoms with Crippen LogP contribution in [0.25, 0.3) is 0 Å². The second kappa shape index (κ2) is 15.6. The Morgan fingerprint density at radius 3 is 2.38 bits per heavy atom. The maximum Gasteiger partial charge on any atom is 0.408 e. The Labute approximate surface area is 268 Å². The van der Waals surface area contributed by atoms with Gasteiger partial charge >= 0.3 is 12.1 Å². The first-order valence-corrected chi connectivity index (χ1v) is 16.0. The van der Waals surface area contributed by atoms with Crippen LogP contribution in [-0.4, -0.2) is 49.6 Å². The van der Waals surface area contributed by atoms with Crippen LogP contribution in [0.2, 0.25) is 5.02 Å². The van der Waals surface area contributed by atoms with Crippen LogP contribution >= 0.6 is 11.6 Å². The molecule has 9 nitrogen and oxygen atoms in total. The van der Waals surface area contributed by atoms with E-state index in [0.29, 0.717) is 30.0 Å². The van der Waals surface area contributed by atoms with Crippen LogP contribution in [-0.2, 0) is 29.3 Å². The van der Waals surface area contributed by atoms with E-state index in [1.807, 2.05) is 19.9 Å². The lowest BCUT2D eigenvalue weighted by molar-refractivity contribution is -0.146. The number of amides is 3. The van der Waals surface area contributed by atoms with Gasteiger partial charge in [0.05, 0.1) is 7.11 Å². The van der Waals surface area contributed by atoms with Gasteiger partial charge in [-0.3, -0.25) is 9.59 Å². The maximum absolute atomic E-state index is 14.4. The number of ether oxygens (including phenoxy) is 2. The number of nitrogens with one attached hydrogen (secondary N) is 3. The molecule has 1 saturated carbocycles. The summed E-state index contributed by atoms with van der Waals surface area (Å²) in [4.78, 5) is 52.2. The first kappa shape index (κ1) is 34.2. The predicted molar refractivity (Wildman–Crippen MR) is 168 cm³/mol. The molecule has 4 rings (SSSR count). The zero-order valence-corrected chi connectivity index (χ0v) is 26.8. The van der Waals surface area contributed by atoms with Crippen LogP contribution in [0.1, 0.15) is 82.4 Å². The number of esters is 1.